The fourth-order valence-corrected chi connectivity index (χ4v) is 4.18. The first-order valence-corrected chi connectivity index (χ1v) is 9.15. The molecule has 1 fully saturated rings. The van der Waals surface area contributed by atoms with Crippen LogP contribution in [0.4, 0.5) is 5.82 Å². The van der Waals surface area contributed by atoms with E-state index in [0.717, 1.165) is 53.4 Å². The van der Waals surface area contributed by atoms with Crippen LogP contribution in [0.3, 0.4) is 0 Å². The average molecular weight is 344 g/mol. The van der Waals surface area contributed by atoms with Crippen LogP contribution >= 0.6 is 11.8 Å². The Morgan fingerprint density at radius 3 is 3.17 bits per heavy atom. The maximum atomic E-state index is 12.8. The molecule has 4 heterocycles. The molecule has 0 spiro atoms. The summed E-state index contributed by atoms with van der Waals surface area (Å²) in [5, 5.41) is 0.965. The van der Waals surface area contributed by atoms with Gasteiger partial charge in [-0.25, -0.2) is 9.97 Å². The molecule has 3 N–H and O–H groups in total. The van der Waals surface area contributed by atoms with Crippen molar-refractivity contribution in [1.82, 2.24) is 19.9 Å². The second-order valence-corrected chi connectivity index (χ2v) is 7.26. The number of nitrogens with one attached hydrogen (secondary N) is 1. The van der Waals surface area contributed by atoms with E-state index in [1.165, 1.54) is 0 Å². The molecule has 0 bridgehead atoms. The van der Waals surface area contributed by atoms with Crippen LogP contribution in [0.2, 0.25) is 0 Å². The molecule has 24 heavy (non-hydrogen) atoms. The van der Waals surface area contributed by atoms with Gasteiger partial charge in [-0.1, -0.05) is 0 Å². The number of nitrogens with zero attached hydrogens (tertiary/aromatic N) is 4. The van der Waals surface area contributed by atoms with E-state index in [2.05, 4.69) is 15.0 Å². The highest BCUT2D eigenvalue weighted by molar-refractivity contribution is 8.04. The Balaban J connectivity index is 1.61. The summed E-state index contributed by atoms with van der Waals surface area (Å²) in [4.78, 5) is 29.2. The number of thioether (sulfide) groups is 1. The van der Waals surface area contributed by atoms with E-state index < -0.39 is 0 Å². The van der Waals surface area contributed by atoms with Crippen LogP contribution in [-0.2, 0) is 4.79 Å². The van der Waals surface area contributed by atoms with Crippen LogP contribution in [-0.4, -0.2) is 57.2 Å². The fourth-order valence-electron chi connectivity index (χ4n) is 3.22. The molecule has 126 valence electrons. The number of amides is 1. The minimum Gasteiger partial charge on any atom is -0.346 e. The lowest BCUT2D eigenvalue weighted by molar-refractivity contribution is -0.127. The van der Waals surface area contributed by atoms with Gasteiger partial charge in [-0.2, -0.15) is 0 Å². The number of rotatable bonds is 2. The summed E-state index contributed by atoms with van der Waals surface area (Å²) in [5.74, 6) is 1.77. The van der Waals surface area contributed by atoms with Gasteiger partial charge in [0.15, 0.2) is 0 Å². The molecule has 2 aromatic rings. The second kappa shape index (κ2) is 6.45. The smallest absolute Gasteiger partial charge is 0.261 e. The predicted octanol–water partition coefficient (Wildman–Crippen LogP) is 1.30. The van der Waals surface area contributed by atoms with Gasteiger partial charge in [0.1, 0.15) is 17.8 Å². The van der Waals surface area contributed by atoms with Crippen molar-refractivity contribution in [2.45, 2.75) is 18.9 Å². The first-order chi connectivity index (χ1) is 11.7. The van der Waals surface area contributed by atoms with E-state index in [9.17, 15) is 4.79 Å². The van der Waals surface area contributed by atoms with Crippen molar-refractivity contribution in [3.8, 4) is 0 Å². The molecule has 1 saturated heterocycles. The van der Waals surface area contributed by atoms with Crippen molar-refractivity contribution in [3.63, 3.8) is 0 Å². The van der Waals surface area contributed by atoms with Crippen molar-refractivity contribution in [3.05, 3.63) is 29.7 Å². The zero-order valence-corrected chi connectivity index (χ0v) is 14.1. The van der Waals surface area contributed by atoms with Crippen LogP contribution in [0.5, 0.6) is 0 Å². The molecular formula is C16H20N6OS. The molecule has 2 aromatic heterocycles. The highest BCUT2D eigenvalue weighted by Crippen LogP contribution is 2.30. The number of anilines is 1. The molecule has 0 aromatic carbocycles. The Morgan fingerprint density at radius 1 is 1.38 bits per heavy atom. The Hall–Kier alpha value is -2.06. The van der Waals surface area contributed by atoms with Gasteiger partial charge in [-0.15, -0.1) is 11.8 Å². The van der Waals surface area contributed by atoms with Crippen molar-refractivity contribution in [2.24, 2.45) is 5.73 Å². The third-order valence-electron chi connectivity index (χ3n) is 4.42. The summed E-state index contributed by atoms with van der Waals surface area (Å²) in [5.41, 5.74) is 6.82. The van der Waals surface area contributed by atoms with Gasteiger partial charge in [0.2, 0.25) is 0 Å². The molecule has 4 rings (SSSR count). The first-order valence-electron chi connectivity index (χ1n) is 8.16. The molecule has 7 nitrogen and oxygen atoms in total. The molecule has 8 heteroatoms. The number of hydrogen-bond donors (Lipinski definition) is 2. The maximum Gasteiger partial charge on any atom is 0.261 e. The molecule has 1 amide bonds. The SMILES string of the molecule is N[C@@H]1CCCN(C(=O)C2=CN(c3ncnc4[nH]ccc34)CCS2)C1. The monoisotopic (exact) mass is 344 g/mol. The van der Waals surface area contributed by atoms with Gasteiger partial charge in [0.05, 0.1) is 10.3 Å². The zero-order valence-electron chi connectivity index (χ0n) is 13.3. The summed E-state index contributed by atoms with van der Waals surface area (Å²) < 4.78 is 0. The zero-order chi connectivity index (χ0) is 16.5. The van der Waals surface area contributed by atoms with Crippen LogP contribution in [0, 0.1) is 0 Å². The second-order valence-electron chi connectivity index (χ2n) is 6.13. The van der Waals surface area contributed by atoms with E-state index in [0.29, 0.717) is 6.54 Å². The van der Waals surface area contributed by atoms with Crippen LogP contribution in [0.1, 0.15) is 12.8 Å². The minimum absolute atomic E-state index is 0.0826. The highest BCUT2D eigenvalue weighted by atomic mass is 32.2. The number of piperidine rings is 1. The summed E-state index contributed by atoms with van der Waals surface area (Å²) in [7, 11) is 0. The number of fused-ring (bicyclic) bond motifs is 1. The topological polar surface area (TPSA) is 91.1 Å². The number of hydrogen-bond acceptors (Lipinski definition) is 6. The van der Waals surface area contributed by atoms with Crippen LogP contribution in [0.15, 0.2) is 29.7 Å². The van der Waals surface area contributed by atoms with Crippen LogP contribution < -0.4 is 10.6 Å². The van der Waals surface area contributed by atoms with E-state index >= 15 is 0 Å². The number of aromatic nitrogens is 3. The van der Waals surface area contributed by atoms with E-state index in [1.807, 2.05) is 28.3 Å². The van der Waals surface area contributed by atoms with Gasteiger partial charge in [-0.3, -0.25) is 4.79 Å². The number of carbonyl (C=O) groups is 1. The van der Waals surface area contributed by atoms with Crippen LogP contribution in [0.25, 0.3) is 11.0 Å². The Labute approximate surface area is 144 Å². The molecule has 0 radical (unpaired) electrons. The van der Waals surface area contributed by atoms with Gasteiger partial charge in [0, 0.05) is 43.8 Å². The van der Waals surface area contributed by atoms with Crippen molar-refractivity contribution in [2.75, 3.05) is 30.3 Å². The molecule has 0 aliphatic carbocycles. The number of aromatic amines is 1. The molecule has 1 atom stereocenters. The van der Waals surface area contributed by atoms with Gasteiger partial charge in [-0.05, 0) is 18.9 Å². The van der Waals surface area contributed by atoms with Gasteiger partial charge >= 0.3 is 0 Å². The third-order valence-corrected chi connectivity index (χ3v) is 5.40. The fraction of sp³-hybridized carbons (Fsp3) is 0.438. The van der Waals surface area contributed by atoms with Crippen molar-refractivity contribution >= 4 is 34.5 Å². The largest absolute Gasteiger partial charge is 0.346 e. The molecule has 0 saturated carbocycles. The average Bonchev–Trinajstić information content (AvgIpc) is 3.10. The predicted molar refractivity (Wildman–Crippen MR) is 95.6 cm³/mol. The third kappa shape index (κ3) is 2.87. The van der Waals surface area contributed by atoms with Crippen molar-refractivity contribution < 1.29 is 4.79 Å². The molecular weight excluding hydrogens is 324 g/mol. The lowest BCUT2D eigenvalue weighted by atomic mass is 10.1. The lowest BCUT2D eigenvalue weighted by Gasteiger charge is -2.33. The summed E-state index contributed by atoms with van der Waals surface area (Å²) in [6.45, 7) is 2.25. The maximum absolute atomic E-state index is 12.8. The van der Waals surface area contributed by atoms with E-state index in [-0.39, 0.29) is 11.9 Å². The van der Waals surface area contributed by atoms with E-state index in [4.69, 9.17) is 5.73 Å². The normalized spacial score (nSPS) is 21.9. The Kier molecular flexibility index (Phi) is 4.15. The first kappa shape index (κ1) is 15.5. The number of likely N-dealkylation sites (tertiary alicyclic amines) is 1. The lowest BCUT2D eigenvalue weighted by Crippen LogP contribution is -2.46. The van der Waals surface area contributed by atoms with Gasteiger partial charge < -0.3 is 20.5 Å². The molecule has 2 aliphatic rings. The Morgan fingerprint density at radius 2 is 2.29 bits per heavy atom. The quantitative estimate of drug-likeness (QED) is 0.853. The van der Waals surface area contributed by atoms with Crippen molar-refractivity contribution in [1.29, 1.82) is 0 Å². The van der Waals surface area contributed by atoms with E-state index in [1.54, 1.807) is 18.1 Å². The summed E-state index contributed by atoms with van der Waals surface area (Å²) >= 11 is 1.61. The molecule has 2 aliphatic heterocycles. The Bertz CT molecular complexity index is 788. The molecule has 0 unspecified atom stereocenters. The standard InChI is InChI=1S/C16H20N6OS/c17-11-2-1-5-22(8-11)16(23)13-9-21(6-7-24-13)15-12-3-4-18-14(12)19-10-20-15/h3-4,9-11H,1-2,5-8,17H2,(H,18,19,20)/t11-/m1/s1. The number of nitrogens with two attached hydrogens (primary N) is 1. The minimum atomic E-state index is 0.0826. The highest BCUT2D eigenvalue weighted by Gasteiger charge is 2.27. The number of carbonyl (C=O) groups excluding carboxylic acids is 1. The summed E-state index contributed by atoms with van der Waals surface area (Å²) in [6, 6.07) is 2.06. The number of H-pyrrole nitrogens is 1. The van der Waals surface area contributed by atoms with Gasteiger partial charge in [0.25, 0.3) is 5.91 Å². The summed E-state index contributed by atoms with van der Waals surface area (Å²) in [6.07, 6.45) is 7.30.